The van der Waals surface area contributed by atoms with Gasteiger partial charge < -0.3 is 4.74 Å². The predicted molar refractivity (Wildman–Crippen MR) is 65.6 cm³/mol. The van der Waals surface area contributed by atoms with Gasteiger partial charge in [-0.1, -0.05) is 12.1 Å². The van der Waals surface area contributed by atoms with Gasteiger partial charge in [0.05, 0.1) is 17.9 Å². The summed E-state index contributed by atoms with van der Waals surface area (Å²) in [4.78, 5) is 11.8. The van der Waals surface area contributed by atoms with Crippen molar-refractivity contribution in [3.63, 3.8) is 0 Å². The largest absolute Gasteiger partial charge is 0.469 e. The van der Waals surface area contributed by atoms with Crippen molar-refractivity contribution >= 4 is 16.0 Å². The van der Waals surface area contributed by atoms with Gasteiger partial charge in [0.2, 0.25) is 10.0 Å². The number of benzene rings is 1. The van der Waals surface area contributed by atoms with Gasteiger partial charge in [0, 0.05) is 0 Å². The van der Waals surface area contributed by atoms with Crippen molar-refractivity contribution in [3.8, 4) is 0 Å². The van der Waals surface area contributed by atoms with Gasteiger partial charge in [0.15, 0.2) is 0 Å². The minimum atomic E-state index is -3.48. The van der Waals surface area contributed by atoms with Crippen LogP contribution in [0.2, 0.25) is 0 Å². The van der Waals surface area contributed by atoms with Gasteiger partial charge in [0.25, 0.3) is 0 Å². The monoisotopic (exact) mass is 269 g/mol. The van der Waals surface area contributed by atoms with Crippen molar-refractivity contribution < 1.29 is 17.9 Å². The number of rotatable bonds is 3. The highest BCUT2D eigenvalue weighted by atomic mass is 32.2. The molecule has 1 aromatic carbocycles. The molecule has 1 aliphatic carbocycles. The minimum absolute atomic E-state index is 0.258. The maximum atomic E-state index is 11.9. The van der Waals surface area contributed by atoms with Crippen LogP contribution in [0, 0.1) is 5.92 Å². The van der Waals surface area contributed by atoms with Gasteiger partial charge >= 0.3 is 5.97 Å². The first-order chi connectivity index (χ1) is 8.49. The summed E-state index contributed by atoms with van der Waals surface area (Å²) in [7, 11) is -0.761. The van der Waals surface area contributed by atoms with Crippen LogP contribution in [0.15, 0.2) is 23.1 Å². The SMILES string of the molecule is CNS(=O)(=O)c1cccc2c1C[C@@H](C(=O)OC)C2. The molecule has 0 radical (unpaired) electrons. The Morgan fingerprint density at radius 1 is 1.39 bits per heavy atom. The summed E-state index contributed by atoms with van der Waals surface area (Å²) in [5, 5.41) is 0. The third-order valence-corrected chi connectivity index (χ3v) is 4.74. The van der Waals surface area contributed by atoms with E-state index in [1.165, 1.54) is 14.2 Å². The van der Waals surface area contributed by atoms with Crippen LogP contribution >= 0.6 is 0 Å². The molecular formula is C12H15NO4S. The van der Waals surface area contributed by atoms with Gasteiger partial charge in [0.1, 0.15) is 0 Å². The van der Waals surface area contributed by atoms with E-state index in [9.17, 15) is 13.2 Å². The standard InChI is InChI=1S/C12H15NO4S/c1-13-18(15,16)11-5-3-4-8-6-9(7-10(8)11)12(14)17-2/h3-5,9,13H,6-7H2,1-2H3/t9-/m0/s1. The fourth-order valence-corrected chi connectivity index (χ4v) is 3.33. The van der Waals surface area contributed by atoms with Crippen molar-refractivity contribution in [2.24, 2.45) is 5.92 Å². The lowest BCUT2D eigenvalue weighted by molar-refractivity contribution is -0.145. The molecule has 18 heavy (non-hydrogen) atoms. The Hall–Kier alpha value is -1.40. The second-order valence-electron chi connectivity index (χ2n) is 4.23. The average molecular weight is 269 g/mol. The van der Waals surface area contributed by atoms with Crippen LogP contribution in [0.5, 0.6) is 0 Å². The molecule has 0 unspecified atom stereocenters. The molecule has 0 aliphatic heterocycles. The summed E-state index contributed by atoms with van der Waals surface area (Å²) in [6, 6.07) is 5.11. The molecule has 0 bridgehead atoms. The number of ether oxygens (including phenoxy) is 1. The van der Waals surface area contributed by atoms with Crippen molar-refractivity contribution in [2.75, 3.05) is 14.2 Å². The molecule has 0 aromatic heterocycles. The topological polar surface area (TPSA) is 72.5 Å². The molecule has 98 valence electrons. The molecule has 0 saturated heterocycles. The Balaban J connectivity index is 2.42. The Morgan fingerprint density at radius 2 is 2.11 bits per heavy atom. The number of fused-ring (bicyclic) bond motifs is 1. The lowest BCUT2D eigenvalue weighted by atomic mass is 10.1. The van der Waals surface area contributed by atoms with Crippen LogP contribution in [-0.2, 0) is 32.4 Å². The Labute approximate surface area is 106 Å². The van der Waals surface area contributed by atoms with Gasteiger partial charge in [-0.25, -0.2) is 13.1 Å². The summed E-state index contributed by atoms with van der Waals surface area (Å²) < 4.78 is 30.8. The van der Waals surface area contributed by atoms with Gasteiger partial charge in [-0.3, -0.25) is 4.79 Å². The molecular weight excluding hydrogens is 254 g/mol. The van der Waals surface area contributed by atoms with E-state index in [0.29, 0.717) is 12.8 Å². The number of carbonyl (C=O) groups is 1. The normalized spacial score (nSPS) is 18.4. The van der Waals surface area contributed by atoms with Crippen molar-refractivity contribution in [1.82, 2.24) is 4.72 Å². The molecule has 5 nitrogen and oxygen atoms in total. The van der Waals surface area contributed by atoms with Crippen LogP contribution in [0.3, 0.4) is 0 Å². The zero-order chi connectivity index (χ0) is 13.3. The maximum Gasteiger partial charge on any atom is 0.309 e. The Bertz CT molecular complexity index is 580. The molecule has 1 N–H and O–H groups in total. The summed E-state index contributed by atoms with van der Waals surface area (Å²) >= 11 is 0. The zero-order valence-electron chi connectivity index (χ0n) is 10.3. The second-order valence-corrected chi connectivity index (χ2v) is 6.08. The van der Waals surface area contributed by atoms with E-state index in [1.807, 2.05) is 6.07 Å². The predicted octanol–water partition coefficient (Wildman–Crippen LogP) is 0.482. The average Bonchev–Trinajstić information content (AvgIpc) is 2.81. The summed E-state index contributed by atoms with van der Waals surface area (Å²) in [6.45, 7) is 0. The van der Waals surface area contributed by atoms with Gasteiger partial charge in [-0.15, -0.1) is 0 Å². The highest BCUT2D eigenvalue weighted by Gasteiger charge is 2.32. The van der Waals surface area contributed by atoms with E-state index in [0.717, 1.165) is 11.1 Å². The summed E-state index contributed by atoms with van der Waals surface area (Å²) in [6.07, 6.45) is 0.953. The second kappa shape index (κ2) is 4.70. The highest BCUT2D eigenvalue weighted by Crippen LogP contribution is 2.32. The van der Waals surface area contributed by atoms with Crippen LogP contribution in [0.4, 0.5) is 0 Å². The number of methoxy groups -OCH3 is 1. The third-order valence-electron chi connectivity index (χ3n) is 3.24. The van der Waals surface area contributed by atoms with E-state index >= 15 is 0 Å². The first-order valence-electron chi connectivity index (χ1n) is 5.61. The molecule has 1 aromatic rings. The molecule has 0 amide bonds. The Morgan fingerprint density at radius 3 is 2.72 bits per heavy atom. The smallest absolute Gasteiger partial charge is 0.309 e. The molecule has 2 rings (SSSR count). The third kappa shape index (κ3) is 2.13. The van der Waals surface area contributed by atoms with E-state index in [1.54, 1.807) is 12.1 Å². The fourth-order valence-electron chi connectivity index (χ4n) is 2.31. The number of nitrogens with one attached hydrogen (secondary N) is 1. The number of hydrogen-bond donors (Lipinski definition) is 1. The number of esters is 1. The van der Waals surface area contributed by atoms with Crippen LogP contribution < -0.4 is 4.72 Å². The summed E-state index contributed by atoms with van der Waals surface area (Å²) in [5.74, 6) is -0.572. The van der Waals surface area contributed by atoms with E-state index in [4.69, 9.17) is 4.74 Å². The first-order valence-corrected chi connectivity index (χ1v) is 7.10. The number of sulfonamides is 1. The summed E-state index contributed by atoms with van der Waals surface area (Å²) in [5.41, 5.74) is 1.63. The van der Waals surface area contributed by atoms with E-state index < -0.39 is 10.0 Å². The van der Waals surface area contributed by atoms with Crippen LogP contribution in [0.1, 0.15) is 11.1 Å². The molecule has 1 aliphatic rings. The lowest BCUT2D eigenvalue weighted by Crippen LogP contribution is -2.20. The number of carbonyl (C=O) groups excluding carboxylic acids is 1. The molecule has 0 heterocycles. The molecule has 6 heteroatoms. The van der Waals surface area contributed by atoms with Gasteiger partial charge in [-0.05, 0) is 37.1 Å². The lowest BCUT2D eigenvalue weighted by Gasteiger charge is -2.08. The minimum Gasteiger partial charge on any atom is -0.469 e. The molecule has 0 saturated carbocycles. The highest BCUT2D eigenvalue weighted by molar-refractivity contribution is 7.89. The zero-order valence-corrected chi connectivity index (χ0v) is 11.1. The molecule has 0 fully saturated rings. The quantitative estimate of drug-likeness (QED) is 0.810. The van der Waals surface area contributed by atoms with Crippen molar-refractivity contribution in [1.29, 1.82) is 0 Å². The Kier molecular flexibility index (Phi) is 3.41. The number of hydrogen-bond acceptors (Lipinski definition) is 4. The maximum absolute atomic E-state index is 11.9. The van der Waals surface area contributed by atoms with Gasteiger partial charge in [-0.2, -0.15) is 0 Å². The molecule has 0 spiro atoms. The van der Waals surface area contributed by atoms with Crippen LogP contribution in [-0.4, -0.2) is 28.5 Å². The van der Waals surface area contributed by atoms with Crippen molar-refractivity contribution in [2.45, 2.75) is 17.7 Å². The molecule has 1 atom stereocenters. The van der Waals surface area contributed by atoms with E-state index in [2.05, 4.69) is 4.72 Å². The van der Waals surface area contributed by atoms with Crippen LogP contribution in [0.25, 0.3) is 0 Å². The van der Waals surface area contributed by atoms with Crippen molar-refractivity contribution in [3.05, 3.63) is 29.3 Å². The first kappa shape index (κ1) is 13.0. The fraction of sp³-hybridized carbons (Fsp3) is 0.417. The van der Waals surface area contributed by atoms with E-state index in [-0.39, 0.29) is 16.8 Å².